The molecule has 0 unspecified atom stereocenters. The fourth-order valence-corrected chi connectivity index (χ4v) is 2.31. The number of ether oxygens (including phenoxy) is 1. The summed E-state index contributed by atoms with van der Waals surface area (Å²) < 4.78 is 18.9. The van der Waals surface area contributed by atoms with Gasteiger partial charge in [-0.3, -0.25) is 4.79 Å². The van der Waals surface area contributed by atoms with Gasteiger partial charge in [0.1, 0.15) is 16.7 Å². The predicted octanol–water partition coefficient (Wildman–Crippen LogP) is 3.71. The number of methoxy groups -OCH3 is 1. The number of nitrogens with one attached hydrogen (secondary N) is 1. The molecule has 1 aromatic heterocycles. The normalized spacial score (nSPS) is 10.2. The van der Waals surface area contributed by atoms with Gasteiger partial charge in [0, 0.05) is 29.1 Å². The molecule has 2 rings (SSSR count). The average Bonchev–Trinajstić information content (AvgIpc) is 2.51. The van der Waals surface area contributed by atoms with Crippen LogP contribution in [0.4, 0.5) is 14.9 Å². The number of aryl methyl sites for hydroxylation is 1. The van der Waals surface area contributed by atoms with Gasteiger partial charge in [-0.05, 0) is 25.1 Å². The van der Waals surface area contributed by atoms with E-state index < -0.39 is 17.8 Å². The van der Waals surface area contributed by atoms with E-state index in [1.807, 2.05) is 0 Å². The molecule has 0 aliphatic carbocycles. The molecular weight excluding hydrogens is 357 g/mol. The van der Waals surface area contributed by atoms with E-state index in [9.17, 15) is 14.0 Å². The molecule has 1 N–H and O–H groups in total. The lowest BCUT2D eigenvalue weighted by Crippen LogP contribution is -2.32. The van der Waals surface area contributed by atoms with Crippen LogP contribution < -0.4 is 10.1 Å². The molecule has 126 valence electrons. The summed E-state index contributed by atoms with van der Waals surface area (Å²) in [5.41, 5.74) is 0.782. The number of nitrogens with zero attached hydrogens (tertiary/aromatic N) is 2. The summed E-state index contributed by atoms with van der Waals surface area (Å²) in [7, 11) is 1.37. The molecule has 0 aliphatic heterocycles. The highest BCUT2D eigenvalue weighted by atomic mass is 35.5. The van der Waals surface area contributed by atoms with Crippen LogP contribution in [0.25, 0.3) is 0 Å². The van der Waals surface area contributed by atoms with E-state index in [4.69, 9.17) is 16.3 Å². The van der Waals surface area contributed by atoms with E-state index in [0.717, 1.165) is 12.1 Å². The molecule has 1 heterocycles. The number of pyridine rings is 1. The maximum absolute atomic E-state index is 13.4. The van der Waals surface area contributed by atoms with Crippen molar-refractivity contribution in [2.24, 2.45) is 0 Å². The fraction of sp³-hybridized carbons (Fsp3) is 0.133. The van der Waals surface area contributed by atoms with Gasteiger partial charge in [0.05, 0.1) is 7.11 Å². The number of thiol groups is 1. The number of rotatable bonds is 3. The summed E-state index contributed by atoms with van der Waals surface area (Å²) >= 11 is 9.68. The Labute approximate surface area is 148 Å². The molecular formula is C15H13ClFN3O3S. The number of hydrogen-bond acceptors (Lipinski definition) is 5. The van der Waals surface area contributed by atoms with Gasteiger partial charge in [-0.15, -0.1) is 0 Å². The van der Waals surface area contributed by atoms with Crippen molar-refractivity contribution in [1.82, 2.24) is 9.29 Å². The van der Waals surface area contributed by atoms with E-state index in [1.165, 1.54) is 25.3 Å². The minimum Gasteiger partial charge on any atom is -0.497 e. The monoisotopic (exact) mass is 369 g/mol. The molecule has 24 heavy (non-hydrogen) atoms. The van der Waals surface area contributed by atoms with E-state index in [2.05, 4.69) is 23.1 Å². The van der Waals surface area contributed by atoms with Crippen molar-refractivity contribution in [3.8, 4) is 5.75 Å². The third kappa shape index (κ3) is 4.36. The number of benzene rings is 1. The highest BCUT2D eigenvalue weighted by Crippen LogP contribution is 2.21. The molecule has 1 aromatic carbocycles. The van der Waals surface area contributed by atoms with Gasteiger partial charge in [-0.2, -0.15) is 0 Å². The third-order valence-corrected chi connectivity index (χ3v) is 3.47. The standard InChI is InChI=1S/C15H13ClFN3O3S/c1-8-3-9(4-13(16)18-8)14(21)20(24)15(22)19-11-5-10(17)6-12(7-11)23-2/h3-7,24H,1-2H3,(H,19,22). The van der Waals surface area contributed by atoms with Crippen LogP contribution in [0.1, 0.15) is 16.1 Å². The molecule has 0 saturated carbocycles. The maximum Gasteiger partial charge on any atom is 0.338 e. The van der Waals surface area contributed by atoms with Gasteiger partial charge in [-0.25, -0.2) is 18.5 Å². The molecule has 0 aliphatic rings. The number of imide groups is 1. The SMILES string of the molecule is COc1cc(F)cc(NC(=O)N(S)C(=O)c2cc(C)nc(Cl)c2)c1. The van der Waals surface area contributed by atoms with Crippen molar-refractivity contribution in [3.63, 3.8) is 0 Å². The Bertz CT molecular complexity index is 783. The second kappa shape index (κ2) is 7.50. The van der Waals surface area contributed by atoms with Crippen molar-refractivity contribution in [2.45, 2.75) is 6.92 Å². The van der Waals surface area contributed by atoms with E-state index in [0.29, 0.717) is 10.00 Å². The number of carbonyl (C=O) groups is 2. The van der Waals surface area contributed by atoms with E-state index in [-0.39, 0.29) is 22.2 Å². The van der Waals surface area contributed by atoms with E-state index in [1.54, 1.807) is 6.92 Å². The van der Waals surface area contributed by atoms with Gasteiger partial charge in [-0.1, -0.05) is 24.4 Å². The van der Waals surface area contributed by atoms with Crippen LogP contribution in [0.3, 0.4) is 0 Å². The molecule has 0 spiro atoms. The number of urea groups is 1. The lowest BCUT2D eigenvalue weighted by Gasteiger charge is -2.15. The zero-order valence-electron chi connectivity index (χ0n) is 12.7. The number of hydrogen-bond donors (Lipinski definition) is 2. The van der Waals surface area contributed by atoms with Crippen molar-refractivity contribution >= 4 is 42.0 Å². The smallest absolute Gasteiger partial charge is 0.338 e. The number of halogens is 2. The molecule has 0 bridgehead atoms. The first kappa shape index (κ1) is 18.0. The quantitative estimate of drug-likeness (QED) is 0.639. The Kier molecular flexibility index (Phi) is 5.63. The molecule has 0 fully saturated rings. The lowest BCUT2D eigenvalue weighted by atomic mass is 10.2. The molecule has 3 amide bonds. The van der Waals surface area contributed by atoms with Gasteiger partial charge < -0.3 is 10.1 Å². The number of anilines is 1. The molecule has 0 radical (unpaired) electrons. The number of carbonyl (C=O) groups excluding carboxylic acids is 2. The predicted molar refractivity (Wildman–Crippen MR) is 91.1 cm³/mol. The largest absolute Gasteiger partial charge is 0.497 e. The highest BCUT2D eigenvalue weighted by molar-refractivity contribution is 7.79. The van der Waals surface area contributed by atoms with Crippen molar-refractivity contribution in [1.29, 1.82) is 0 Å². The van der Waals surface area contributed by atoms with Gasteiger partial charge in [0.25, 0.3) is 5.91 Å². The molecule has 6 nitrogen and oxygen atoms in total. The highest BCUT2D eigenvalue weighted by Gasteiger charge is 2.21. The van der Waals surface area contributed by atoms with Gasteiger partial charge in [0.15, 0.2) is 0 Å². The fourth-order valence-electron chi connectivity index (χ4n) is 1.90. The topological polar surface area (TPSA) is 71.5 Å². The third-order valence-electron chi connectivity index (χ3n) is 2.91. The van der Waals surface area contributed by atoms with Crippen molar-refractivity contribution in [3.05, 3.63) is 52.6 Å². The summed E-state index contributed by atoms with van der Waals surface area (Å²) in [4.78, 5) is 28.3. The lowest BCUT2D eigenvalue weighted by molar-refractivity contribution is 0.0901. The zero-order valence-corrected chi connectivity index (χ0v) is 14.4. The Morgan fingerprint density at radius 1 is 1.29 bits per heavy atom. The van der Waals surface area contributed by atoms with Crippen LogP contribution in [-0.2, 0) is 0 Å². The van der Waals surface area contributed by atoms with Crippen LogP contribution >= 0.6 is 24.4 Å². The molecule has 0 saturated heterocycles. The second-order valence-electron chi connectivity index (χ2n) is 4.75. The minimum atomic E-state index is -0.860. The van der Waals surface area contributed by atoms with Crippen molar-refractivity contribution < 1.29 is 18.7 Å². The summed E-state index contributed by atoms with van der Waals surface area (Å²) in [6.07, 6.45) is 0. The second-order valence-corrected chi connectivity index (χ2v) is 5.53. The number of amides is 3. The first-order valence-corrected chi connectivity index (χ1v) is 7.41. The summed E-state index contributed by atoms with van der Waals surface area (Å²) in [5, 5.41) is 2.48. The first-order valence-electron chi connectivity index (χ1n) is 6.63. The Morgan fingerprint density at radius 2 is 2.00 bits per heavy atom. The van der Waals surface area contributed by atoms with Crippen LogP contribution in [0, 0.1) is 12.7 Å². The molecule has 2 aromatic rings. The van der Waals surface area contributed by atoms with Crippen molar-refractivity contribution in [2.75, 3.05) is 12.4 Å². The summed E-state index contributed by atoms with van der Waals surface area (Å²) in [5.74, 6) is -1.08. The van der Waals surface area contributed by atoms with Crippen LogP contribution in [0.2, 0.25) is 5.15 Å². The Morgan fingerprint density at radius 3 is 2.62 bits per heavy atom. The Balaban J connectivity index is 2.17. The number of aromatic nitrogens is 1. The van der Waals surface area contributed by atoms with Gasteiger partial charge in [0.2, 0.25) is 0 Å². The van der Waals surface area contributed by atoms with Crippen LogP contribution in [0.5, 0.6) is 5.75 Å². The maximum atomic E-state index is 13.4. The summed E-state index contributed by atoms with van der Waals surface area (Å²) in [6.45, 7) is 1.66. The molecule has 0 atom stereocenters. The first-order chi connectivity index (χ1) is 11.3. The van der Waals surface area contributed by atoms with Crippen LogP contribution in [0.15, 0.2) is 30.3 Å². The summed E-state index contributed by atoms with van der Waals surface area (Å²) in [6, 6.07) is 5.57. The Hall–Kier alpha value is -2.32. The van der Waals surface area contributed by atoms with E-state index >= 15 is 0 Å². The van der Waals surface area contributed by atoms with Gasteiger partial charge >= 0.3 is 6.03 Å². The van der Waals surface area contributed by atoms with Crippen LogP contribution in [-0.4, -0.2) is 28.3 Å². The molecule has 9 heteroatoms. The average molecular weight is 370 g/mol. The zero-order chi connectivity index (χ0) is 17.9. The minimum absolute atomic E-state index is 0.118.